The van der Waals surface area contributed by atoms with Crippen LogP contribution in [0.1, 0.15) is 5.56 Å². The van der Waals surface area contributed by atoms with E-state index in [4.69, 9.17) is 11.8 Å². The summed E-state index contributed by atoms with van der Waals surface area (Å²) in [6, 6.07) is 20.7. The lowest BCUT2D eigenvalue weighted by atomic mass is 10.2. The summed E-state index contributed by atoms with van der Waals surface area (Å²) in [6.07, 6.45) is 0. The molecule has 75 valence electrons. The van der Waals surface area contributed by atoms with Crippen LogP contribution >= 0.6 is 11.8 Å². The smallest absolute Gasteiger partial charge is 0.0599 e. The molecule has 0 aliphatic carbocycles. The summed E-state index contributed by atoms with van der Waals surface area (Å²) in [5.41, 5.74) is 2.18. The zero-order valence-electron chi connectivity index (χ0n) is 8.23. The lowest BCUT2D eigenvalue weighted by molar-refractivity contribution is 1.04. The molecular weight excluding hydrogens is 206 g/mol. The molecule has 0 saturated carbocycles. The van der Waals surface area contributed by atoms with E-state index in [-0.39, 0.29) is 0 Å². The van der Waals surface area contributed by atoms with Gasteiger partial charge in [-0.3, -0.25) is 4.42 Å². The van der Waals surface area contributed by atoms with Crippen molar-refractivity contribution in [1.29, 1.82) is 0 Å². The summed E-state index contributed by atoms with van der Waals surface area (Å²) < 4.78 is 1.70. The standard InChI is InChI=1S/C13H11ClN/c14-15(13-9-5-2-6-10-13)11-12-7-3-1-4-8-12/h1,3-10H,11H2. The predicted octanol–water partition coefficient (Wildman–Crippen LogP) is 3.65. The maximum absolute atomic E-state index is 6.16. The van der Waals surface area contributed by atoms with E-state index in [1.807, 2.05) is 42.5 Å². The van der Waals surface area contributed by atoms with Crippen molar-refractivity contribution >= 4 is 17.5 Å². The number of rotatable bonds is 3. The maximum Gasteiger partial charge on any atom is 0.0599 e. The Balaban J connectivity index is 2.08. The number of hydrogen-bond donors (Lipinski definition) is 0. The van der Waals surface area contributed by atoms with Crippen LogP contribution < -0.4 is 4.42 Å². The topological polar surface area (TPSA) is 3.24 Å². The van der Waals surface area contributed by atoms with Crippen LogP contribution in [0, 0.1) is 6.07 Å². The highest BCUT2D eigenvalue weighted by Gasteiger charge is 2.02. The number of halogens is 1. The van der Waals surface area contributed by atoms with E-state index in [1.165, 1.54) is 5.56 Å². The van der Waals surface area contributed by atoms with E-state index in [9.17, 15) is 0 Å². The van der Waals surface area contributed by atoms with Gasteiger partial charge in [-0.25, -0.2) is 0 Å². The molecule has 2 aromatic rings. The number of nitrogens with zero attached hydrogens (tertiary/aromatic N) is 1. The third-order valence-corrected chi connectivity index (χ3v) is 2.46. The molecule has 2 aromatic carbocycles. The number of benzene rings is 2. The first kappa shape index (κ1) is 10.1. The van der Waals surface area contributed by atoms with Gasteiger partial charge in [0.05, 0.1) is 12.2 Å². The molecule has 1 radical (unpaired) electrons. The van der Waals surface area contributed by atoms with Crippen molar-refractivity contribution in [3.8, 4) is 0 Å². The van der Waals surface area contributed by atoms with Crippen molar-refractivity contribution in [3.63, 3.8) is 0 Å². The summed E-state index contributed by atoms with van der Waals surface area (Å²) in [5, 5.41) is 0. The molecule has 0 amide bonds. The Morgan fingerprint density at radius 3 is 2.33 bits per heavy atom. The minimum Gasteiger partial charge on any atom is -0.281 e. The molecule has 0 aliphatic heterocycles. The third-order valence-electron chi connectivity index (χ3n) is 2.15. The molecule has 2 rings (SSSR count). The molecule has 0 N–H and O–H groups in total. The number of hydrogen-bond acceptors (Lipinski definition) is 1. The summed E-state index contributed by atoms with van der Waals surface area (Å²) in [5.74, 6) is 0. The van der Waals surface area contributed by atoms with Gasteiger partial charge in [0.2, 0.25) is 0 Å². The Bertz CT molecular complexity index is 399. The molecule has 2 heteroatoms. The molecule has 0 bridgehead atoms. The summed E-state index contributed by atoms with van der Waals surface area (Å²) in [6.45, 7) is 0.701. The molecule has 0 unspecified atom stereocenters. The van der Waals surface area contributed by atoms with Crippen molar-refractivity contribution in [1.82, 2.24) is 0 Å². The lowest BCUT2D eigenvalue weighted by Gasteiger charge is -2.15. The Hall–Kier alpha value is -1.47. The highest BCUT2D eigenvalue weighted by Crippen LogP contribution is 2.18. The molecule has 15 heavy (non-hydrogen) atoms. The van der Waals surface area contributed by atoms with Crippen LogP contribution in [0.3, 0.4) is 0 Å². The van der Waals surface area contributed by atoms with Gasteiger partial charge in [0.25, 0.3) is 0 Å². The van der Waals surface area contributed by atoms with E-state index >= 15 is 0 Å². The van der Waals surface area contributed by atoms with Crippen LogP contribution in [0.4, 0.5) is 5.69 Å². The molecule has 0 heterocycles. The second-order valence-electron chi connectivity index (χ2n) is 3.26. The van der Waals surface area contributed by atoms with Crippen LogP contribution in [0.2, 0.25) is 0 Å². The van der Waals surface area contributed by atoms with Gasteiger partial charge in [0, 0.05) is 11.8 Å². The summed E-state index contributed by atoms with van der Waals surface area (Å²) >= 11 is 6.16. The van der Waals surface area contributed by atoms with Gasteiger partial charge in [0.1, 0.15) is 0 Å². The first-order chi connectivity index (χ1) is 7.36. The Kier molecular flexibility index (Phi) is 3.25. The Labute approximate surface area is 95.0 Å². The molecule has 0 fully saturated rings. The Morgan fingerprint density at radius 1 is 1.00 bits per heavy atom. The molecular formula is C13H11ClN. The zero-order chi connectivity index (χ0) is 10.5. The molecule has 0 aromatic heterocycles. The molecule has 1 nitrogen and oxygen atoms in total. The van der Waals surface area contributed by atoms with Crippen LogP contribution in [0.15, 0.2) is 54.6 Å². The lowest BCUT2D eigenvalue weighted by Crippen LogP contribution is -2.09. The van der Waals surface area contributed by atoms with E-state index < -0.39 is 0 Å². The molecule has 0 atom stereocenters. The fourth-order valence-corrected chi connectivity index (χ4v) is 1.63. The summed E-state index contributed by atoms with van der Waals surface area (Å²) in [4.78, 5) is 0. The van der Waals surface area contributed by atoms with Crippen molar-refractivity contribution < 1.29 is 0 Å². The van der Waals surface area contributed by atoms with E-state index in [1.54, 1.807) is 4.42 Å². The van der Waals surface area contributed by atoms with E-state index in [0.29, 0.717) is 6.54 Å². The quantitative estimate of drug-likeness (QED) is 0.708. The van der Waals surface area contributed by atoms with Crippen molar-refractivity contribution in [2.75, 3.05) is 4.42 Å². The van der Waals surface area contributed by atoms with Crippen molar-refractivity contribution in [2.24, 2.45) is 0 Å². The van der Waals surface area contributed by atoms with Crippen molar-refractivity contribution in [3.05, 3.63) is 66.2 Å². The fraction of sp³-hybridized carbons (Fsp3) is 0.0769. The average Bonchev–Trinajstić information content (AvgIpc) is 2.31. The molecule has 0 aliphatic rings. The van der Waals surface area contributed by atoms with Crippen LogP contribution in [-0.2, 0) is 6.54 Å². The monoisotopic (exact) mass is 216 g/mol. The normalized spacial score (nSPS) is 9.93. The van der Waals surface area contributed by atoms with Gasteiger partial charge in [0.15, 0.2) is 0 Å². The largest absolute Gasteiger partial charge is 0.281 e. The van der Waals surface area contributed by atoms with Gasteiger partial charge in [-0.1, -0.05) is 42.5 Å². The first-order valence-electron chi connectivity index (χ1n) is 4.79. The second-order valence-corrected chi connectivity index (χ2v) is 3.67. The minimum atomic E-state index is 0.701. The van der Waals surface area contributed by atoms with Crippen LogP contribution in [0.5, 0.6) is 0 Å². The van der Waals surface area contributed by atoms with Gasteiger partial charge in [-0.15, -0.1) is 0 Å². The number of anilines is 1. The van der Waals surface area contributed by atoms with Gasteiger partial charge in [-0.05, 0) is 23.8 Å². The van der Waals surface area contributed by atoms with Gasteiger partial charge in [-0.2, -0.15) is 0 Å². The van der Waals surface area contributed by atoms with Gasteiger partial charge >= 0.3 is 0 Å². The second kappa shape index (κ2) is 4.85. The van der Waals surface area contributed by atoms with Crippen LogP contribution in [0.25, 0.3) is 0 Å². The predicted molar refractivity (Wildman–Crippen MR) is 63.8 cm³/mol. The third kappa shape index (κ3) is 2.74. The average molecular weight is 217 g/mol. The SMILES string of the molecule is ClN(Cc1ccccc1)c1cc[c]cc1. The zero-order valence-corrected chi connectivity index (χ0v) is 8.98. The molecule has 0 saturated heterocycles. The highest BCUT2D eigenvalue weighted by molar-refractivity contribution is 6.25. The molecule has 0 spiro atoms. The van der Waals surface area contributed by atoms with E-state index in [2.05, 4.69) is 18.2 Å². The maximum atomic E-state index is 6.16. The highest BCUT2D eigenvalue weighted by atomic mass is 35.5. The Morgan fingerprint density at radius 2 is 1.67 bits per heavy atom. The van der Waals surface area contributed by atoms with Crippen LogP contribution in [-0.4, -0.2) is 0 Å². The summed E-state index contributed by atoms with van der Waals surface area (Å²) in [7, 11) is 0. The minimum absolute atomic E-state index is 0.701. The van der Waals surface area contributed by atoms with Gasteiger partial charge < -0.3 is 0 Å². The van der Waals surface area contributed by atoms with Crippen molar-refractivity contribution in [2.45, 2.75) is 6.54 Å². The van der Waals surface area contributed by atoms with E-state index in [0.717, 1.165) is 5.69 Å². The first-order valence-corrected chi connectivity index (χ1v) is 5.13. The fourth-order valence-electron chi connectivity index (χ4n) is 1.37.